The lowest BCUT2D eigenvalue weighted by Gasteiger charge is -2.36. The third kappa shape index (κ3) is 31.6. The van der Waals surface area contributed by atoms with Gasteiger partial charge in [0, 0.05) is 125 Å². The van der Waals surface area contributed by atoms with E-state index < -0.39 is 266 Å². The lowest BCUT2D eigenvalue weighted by molar-refractivity contribution is -0.149. The van der Waals surface area contributed by atoms with Gasteiger partial charge in [-0.2, -0.15) is 0 Å². The summed E-state index contributed by atoms with van der Waals surface area (Å²) in [6.45, 7) is 3.06. The molecule has 22 N–H and O–H groups in total. The van der Waals surface area contributed by atoms with Crippen LogP contribution in [0.4, 0.5) is 0 Å². The van der Waals surface area contributed by atoms with Gasteiger partial charge in [-0.05, 0) is 144 Å². The highest BCUT2D eigenvalue weighted by molar-refractivity contribution is 8.00. The number of carbonyl (C=O) groups is 19. The predicted octanol–water partition coefficient (Wildman–Crippen LogP) is -1.17. The molecule has 6 heterocycles. The van der Waals surface area contributed by atoms with Crippen LogP contribution in [0.5, 0.6) is 5.75 Å². The number of carboxylic acid groups (broad SMARTS) is 3. The van der Waals surface area contributed by atoms with E-state index in [1.165, 1.54) is 69.3 Å². The van der Waals surface area contributed by atoms with Gasteiger partial charge in [0.25, 0.3) is 0 Å². The van der Waals surface area contributed by atoms with Gasteiger partial charge in [0.15, 0.2) is 0 Å². The molecule has 15 atom stereocenters. The number of aromatic hydroxyl groups is 1. The summed E-state index contributed by atoms with van der Waals surface area (Å²) < 4.78 is 1.43. The zero-order chi connectivity index (χ0) is 104. The molecule has 4 aliphatic heterocycles. The van der Waals surface area contributed by atoms with Crippen LogP contribution in [0.3, 0.4) is 0 Å². The molecular weight excluding hydrogens is 1860 g/mol. The van der Waals surface area contributed by atoms with Crippen molar-refractivity contribution in [3.8, 4) is 5.75 Å². The number of phenols is 1. The number of carboxylic acids is 3. The van der Waals surface area contributed by atoms with E-state index in [1.807, 2.05) is 6.92 Å². The number of para-hydroxylation sites is 2. The van der Waals surface area contributed by atoms with Crippen LogP contribution >= 0.6 is 11.8 Å². The van der Waals surface area contributed by atoms with Crippen molar-refractivity contribution in [1.82, 2.24) is 87.2 Å². The van der Waals surface area contributed by atoms with E-state index in [2.05, 4.69) is 63.1 Å². The minimum atomic E-state index is -1.92. The number of aliphatic hydroxyl groups is 1. The summed E-state index contributed by atoms with van der Waals surface area (Å²) >= 11 is 0.689. The van der Waals surface area contributed by atoms with Gasteiger partial charge < -0.3 is 130 Å². The van der Waals surface area contributed by atoms with Gasteiger partial charge in [-0.25, -0.2) is 0 Å². The van der Waals surface area contributed by atoms with Gasteiger partial charge >= 0.3 is 17.9 Å². The van der Waals surface area contributed by atoms with Crippen molar-refractivity contribution in [3.05, 3.63) is 114 Å². The Balaban J connectivity index is 1.14. The summed E-state index contributed by atoms with van der Waals surface area (Å²) in [7, 11) is 3.75. The Hall–Kier alpha value is -13.9. The van der Waals surface area contributed by atoms with Crippen LogP contribution in [-0.4, -0.2) is 334 Å². The number of aromatic nitrogens is 2. The van der Waals surface area contributed by atoms with Crippen LogP contribution in [0.25, 0.3) is 21.8 Å². The number of aromatic amines is 1. The summed E-state index contributed by atoms with van der Waals surface area (Å²) in [6, 6.07) is -3.53. The number of aliphatic carboxylic acids is 3. The number of nitrogens with one attached hydrogen (secondary N) is 11. The number of benzene rings is 3. The van der Waals surface area contributed by atoms with Crippen LogP contribution < -0.4 is 70.4 Å². The Labute approximate surface area is 824 Å². The fourth-order valence-corrected chi connectivity index (χ4v) is 18.6. The van der Waals surface area contributed by atoms with Crippen molar-refractivity contribution in [2.24, 2.45) is 22.2 Å². The Morgan fingerprint density at radius 3 is 1.73 bits per heavy atom. The van der Waals surface area contributed by atoms with E-state index in [0.717, 1.165) is 24.5 Å². The first-order valence-corrected chi connectivity index (χ1v) is 49.0. The number of likely N-dealkylation sites (N-methyl/N-ethyl adjacent to an activating group) is 3. The maximum atomic E-state index is 16.1. The number of aliphatic hydroxyl groups excluding tert-OH is 1. The molecule has 0 spiro atoms. The first-order chi connectivity index (χ1) is 67.7. The van der Waals surface area contributed by atoms with Gasteiger partial charge in [-0.1, -0.05) is 88.1 Å². The highest BCUT2D eigenvalue weighted by Crippen LogP contribution is 2.30. The highest BCUT2D eigenvalue weighted by atomic mass is 32.2. The zero-order valence-corrected chi connectivity index (χ0v) is 81.4. The molecular formula is C96H133N21O24S. The summed E-state index contributed by atoms with van der Waals surface area (Å²) in [6.07, 6.45) is 2.69. The Kier molecular flexibility index (Phi) is 42.7. The highest BCUT2D eigenvalue weighted by Gasteiger charge is 2.47. The van der Waals surface area contributed by atoms with Crippen LogP contribution in [0.2, 0.25) is 0 Å². The van der Waals surface area contributed by atoms with Crippen molar-refractivity contribution < 1.29 is 117 Å². The summed E-state index contributed by atoms with van der Waals surface area (Å²) in [5.74, 6) is -21.3. The number of primary amides is 1. The molecule has 3 aromatic carbocycles. The zero-order valence-electron chi connectivity index (χ0n) is 80.6. The molecule has 9 rings (SSSR count). The molecule has 45 nitrogen and oxygen atoms in total. The summed E-state index contributed by atoms with van der Waals surface area (Å²) in [5, 5.41) is 79.9. The number of rotatable bonds is 32. The standard InChI is InChI=1S/C96H133N21O24S/c1-7-9-25-74-89(134)105-65(33-34-80(122)123)86(131)111-72(84(129)102-48-78(99)120)52-142-53-79(121)103-69(40-55-29-31-59(118)32-30-55)92(137)112(4)54(3)83(128)109-71(45-81(124)125)95(140)116-39-19-28-75(116)90(135)107-67(41-56-35-38-100-46-56)87(132)106-66(24-16-18-37-98)94(139)117-50-60(119)44-77(117)91(136)108-68(42-57-47-101-63-22-13-11-20-61(57)63)88(133)104-64(23-15-17-36-97)85(130)110-70(93(138)114(6)76(26-10-8-2)96(141)113(74)5)43-58-49-115(51-82(126)127)73-27-14-12-21-62(58)73/h11-14,20-22,27,29-32,38,46-47,49,54,60,64-72,74-77,101,118-119H,7-10,15-19,23-26,28,33-37,39-45,48,50-53,97-98H2,1-6H3,(H2,99,120)(H,102,129)(H,103,121)(H,104,133)(H,105,134)(H,106,132)(H,107,135)(H,108,136)(H,109,128)(H,110,130)(H,111,131)(H,122,123)(H,124,125)(H,126,127)/t54-,60+,64-,65-,66-,67-,68-,69-,70-,71-,72-,74-,75?,76-,77-/m0/s1. The molecule has 772 valence electrons. The molecule has 46 heteroatoms. The Morgan fingerprint density at radius 1 is 0.528 bits per heavy atom. The van der Waals surface area contributed by atoms with Crippen molar-refractivity contribution in [1.29, 1.82) is 0 Å². The van der Waals surface area contributed by atoms with Crippen molar-refractivity contribution in [2.45, 2.75) is 266 Å². The first kappa shape index (κ1) is 112. The summed E-state index contributed by atoms with van der Waals surface area (Å²) in [5.41, 5.74) is 20.2. The third-order valence-electron chi connectivity index (χ3n) is 25.7. The fraction of sp³-hybridized carbons (Fsp3) is 0.542. The molecule has 16 amide bonds. The van der Waals surface area contributed by atoms with E-state index in [-0.39, 0.29) is 122 Å². The maximum absolute atomic E-state index is 16.1. The van der Waals surface area contributed by atoms with Crippen LogP contribution in [-0.2, 0) is 117 Å². The molecule has 142 heavy (non-hydrogen) atoms. The molecule has 0 bridgehead atoms. The van der Waals surface area contributed by atoms with Crippen molar-refractivity contribution in [2.75, 3.05) is 65.4 Å². The lowest BCUT2D eigenvalue weighted by Crippen LogP contribution is -2.61. The van der Waals surface area contributed by atoms with E-state index in [4.69, 9.17) is 17.2 Å². The third-order valence-corrected chi connectivity index (χ3v) is 26.7. The second-order valence-corrected chi connectivity index (χ2v) is 37.2. The van der Waals surface area contributed by atoms with Gasteiger partial charge in [-0.15, -0.1) is 11.8 Å². The molecule has 0 radical (unpaired) electrons. The summed E-state index contributed by atoms with van der Waals surface area (Å²) in [4.78, 5) is 290. The largest absolute Gasteiger partial charge is 0.508 e. The average molecular weight is 2000 g/mol. The Bertz CT molecular complexity index is 5440. The van der Waals surface area contributed by atoms with E-state index in [0.29, 0.717) is 75.1 Å². The number of nitrogens with zero attached hydrogens (tertiary/aromatic N) is 7. The predicted molar refractivity (Wildman–Crippen MR) is 520 cm³/mol. The van der Waals surface area contributed by atoms with E-state index >= 15 is 38.4 Å². The molecule has 2 aromatic heterocycles. The number of H-pyrrole nitrogens is 1. The number of fused-ring (bicyclic) bond motifs is 4. The van der Waals surface area contributed by atoms with Gasteiger partial charge in [0.2, 0.25) is 94.5 Å². The van der Waals surface area contributed by atoms with Gasteiger partial charge in [-0.3, -0.25) is 96.1 Å². The number of nitrogens with two attached hydrogens (primary N) is 3. The number of thioether (sulfide) groups is 1. The van der Waals surface area contributed by atoms with Crippen LogP contribution in [0, 0.1) is 0 Å². The van der Waals surface area contributed by atoms with Crippen molar-refractivity contribution in [3.63, 3.8) is 0 Å². The molecule has 5 aromatic rings. The normalized spacial score (nSPS) is 24.5. The molecule has 0 saturated carbocycles. The molecule has 1 unspecified atom stereocenters. The average Bonchev–Trinajstić information content (AvgIpc) is 1.63. The fourth-order valence-electron chi connectivity index (χ4n) is 17.8. The van der Waals surface area contributed by atoms with Crippen LogP contribution in [0.15, 0.2) is 102 Å². The number of phenolic OH excluding ortho intramolecular Hbond substituents is 1. The number of amides is 16. The monoisotopic (exact) mass is 2000 g/mol. The lowest BCUT2D eigenvalue weighted by atomic mass is 9.99. The number of aliphatic imine (C=N–C) groups is 1. The maximum Gasteiger partial charge on any atom is 0.323 e. The SMILES string of the molecule is CCCC[C@H]1C(=O)N(C)[C@@H](CCCC)C(=O)N[C@@H](CCC(=O)O)C(=O)N[C@H](C(=O)NCC(N)=O)CSCC(=O)N[C@@H](Cc2ccc(O)cc2)C(=O)N(C)[C@@H](C)C(=O)N[C@@H](CC(=O)O)C(=O)N2CCCC2C(=O)N[C@@H](CC2=CN=CC2)C(=O)N[C@@H](CCCCN)C(=O)N2C[C@H](O)C[C@H]2C(=O)N[C@@H](Cc2c[nH]c3ccccc23)C(=O)N[C@@H](CCCCN)C(=O)N[C@@H](Cc2cn(CC(=O)O)c3ccccc23)C(=O)N1C. The topological polar surface area (TPSA) is 673 Å². The number of unbranched alkanes of at least 4 members (excludes halogenated alkanes) is 4. The van der Waals surface area contributed by atoms with Gasteiger partial charge in [0.1, 0.15) is 96.9 Å². The minimum Gasteiger partial charge on any atom is -0.508 e. The molecule has 3 fully saturated rings. The van der Waals surface area contributed by atoms with Crippen LogP contribution in [0.1, 0.15) is 166 Å². The Morgan fingerprint density at radius 2 is 1.08 bits per heavy atom. The number of hydrogen-bond donors (Lipinski definition) is 19. The molecule has 4 aliphatic rings. The first-order valence-electron chi connectivity index (χ1n) is 47.8. The van der Waals surface area contributed by atoms with E-state index in [9.17, 15) is 78.3 Å². The quantitative estimate of drug-likeness (QED) is 0.0226. The minimum absolute atomic E-state index is 0.0560. The molecule has 0 aliphatic carbocycles. The number of carbonyl (C=O) groups excluding carboxylic acids is 16. The second kappa shape index (κ2) is 54.2. The second-order valence-electron chi connectivity index (χ2n) is 36.2. The molecule has 3 saturated heterocycles. The van der Waals surface area contributed by atoms with Crippen molar-refractivity contribution >= 4 is 152 Å². The number of hydrogen-bond acceptors (Lipinski definition) is 25. The smallest absolute Gasteiger partial charge is 0.323 e. The van der Waals surface area contributed by atoms with E-state index in [1.54, 1.807) is 67.9 Å². The van der Waals surface area contributed by atoms with Gasteiger partial charge in [0.05, 0.1) is 24.8 Å².